The summed E-state index contributed by atoms with van der Waals surface area (Å²) >= 11 is 3.46. The highest BCUT2D eigenvalue weighted by atomic mass is 79.9. The number of aryl methyl sites for hydroxylation is 2. The van der Waals surface area contributed by atoms with Gasteiger partial charge in [-0.3, -0.25) is 0 Å². The minimum absolute atomic E-state index is 0.699. The maximum atomic E-state index is 4.44. The van der Waals surface area contributed by atoms with E-state index in [4.69, 9.17) is 0 Å². The SMILES string of the molecule is Cc1ccnc(-c2ccc(Nc3ncnc4c3c(Br)nn4C)cc2)n1. The molecule has 1 N–H and O–H groups in total. The number of rotatable bonds is 3. The Bertz CT molecular complexity index is 1060. The van der Waals surface area contributed by atoms with Gasteiger partial charge in [0.15, 0.2) is 11.5 Å². The highest BCUT2D eigenvalue weighted by Gasteiger charge is 2.13. The van der Waals surface area contributed by atoms with Gasteiger partial charge in [0.05, 0.1) is 5.39 Å². The number of hydrogen-bond donors (Lipinski definition) is 1. The van der Waals surface area contributed by atoms with Crippen molar-refractivity contribution in [3.8, 4) is 11.4 Å². The number of aromatic nitrogens is 6. The van der Waals surface area contributed by atoms with Crippen molar-refractivity contribution in [2.45, 2.75) is 6.92 Å². The largest absolute Gasteiger partial charge is 0.339 e. The van der Waals surface area contributed by atoms with Crippen molar-refractivity contribution >= 4 is 38.5 Å². The van der Waals surface area contributed by atoms with E-state index in [9.17, 15) is 0 Å². The van der Waals surface area contributed by atoms with Gasteiger partial charge in [-0.1, -0.05) is 0 Å². The van der Waals surface area contributed by atoms with Crippen LogP contribution in [-0.2, 0) is 7.05 Å². The van der Waals surface area contributed by atoms with E-state index in [1.165, 1.54) is 6.33 Å². The Hall–Kier alpha value is -2.87. The lowest BCUT2D eigenvalue weighted by molar-refractivity contribution is 0.777. The van der Waals surface area contributed by atoms with Crippen molar-refractivity contribution < 1.29 is 0 Å². The van der Waals surface area contributed by atoms with Crippen molar-refractivity contribution in [1.82, 2.24) is 29.7 Å². The monoisotopic (exact) mass is 395 g/mol. The molecule has 0 bridgehead atoms. The summed E-state index contributed by atoms with van der Waals surface area (Å²) in [5.41, 5.74) is 3.57. The van der Waals surface area contributed by atoms with Crippen molar-refractivity contribution in [2.24, 2.45) is 7.05 Å². The lowest BCUT2D eigenvalue weighted by Crippen LogP contribution is -1.97. The summed E-state index contributed by atoms with van der Waals surface area (Å²) in [6.07, 6.45) is 3.29. The molecule has 3 aromatic heterocycles. The summed E-state index contributed by atoms with van der Waals surface area (Å²) in [7, 11) is 1.85. The first kappa shape index (κ1) is 15.6. The average molecular weight is 396 g/mol. The molecule has 0 saturated heterocycles. The Labute approximate surface area is 152 Å². The van der Waals surface area contributed by atoms with Crippen LogP contribution in [0.1, 0.15) is 5.69 Å². The van der Waals surface area contributed by atoms with E-state index in [2.05, 4.69) is 46.3 Å². The van der Waals surface area contributed by atoms with Crippen LogP contribution in [0, 0.1) is 6.92 Å². The van der Waals surface area contributed by atoms with E-state index in [1.807, 2.05) is 44.3 Å². The zero-order valence-corrected chi connectivity index (χ0v) is 15.2. The molecule has 0 fully saturated rings. The number of halogens is 1. The van der Waals surface area contributed by atoms with Crippen molar-refractivity contribution in [1.29, 1.82) is 0 Å². The van der Waals surface area contributed by atoms with E-state index in [-0.39, 0.29) is 0 Å². The van der Waals surface area contributed by atoms with Gasteiger partial charge in [0.25, 0.3) is 0 Å². The fourth-order valence-electron chi connectivity index (χ4n) is 2.56. The molecule has 0 aliphatic rings. The molecular weight excluding hydrogens is 382 g/mol. The van der Waals surface area contributed by atoms with Gasteiger partial charge >= 0.3 is 0 Å². The van der Waals surface area contributed by atoms with Gasteiger partial charge in [0, 0.05) is 30.2 Å². The molecule has 124 valence electrons. The van der Waals surface area contributed by atoms with E-state index < -0.39 is 0 Å². The van der Waals surface area contributed by atoms with Crippen molar-refractivity contribution in [3.05, 3.63) is 53.2 Å². The predicted octanol–water partition coefficient (Wildman–Crippen LogP) is 3.63. The van der Waals surface area contributed by atoms with Crippen LogP contribution in [0.2, 0.25) is 0 Å². The molecule has 0 radical (unpaired) electrons. The van der Waals surface area contributed by atoms with Gasteiger partial charge in [0.2, 0.25) is 0 Å². The van der Waals surface area contributed by atoms with E-state index in [0.717, 1.165) is 28.0 Å². The van der Waals surface area contributed by atoms with E-state index in [0.29, 0.717) is 16.2 Å². The van der Waals surface area contributed by atoms with Gasteiger partial charge in [-0.15, -0.1) is 0 Å². The molecule has 4 aromatic rings. The van der Waals surface area contributed by atoms with Crippen LogP contribution in [-0.4, -0.2) is 29.7 Å². The first-order valence-corrected chi connectivity index (χ1v) is 8.41. The maximum absolute atomic E-state index is 4.44. The Kier molecular flexibility index (Phi) is 3.89. The normalized spacial score (nSPS) is 11.0. The number of fused-ring (bicyclic) bond motifs is 1. The van der Waals surface area contributed by atoms with Gasteiger partial charge < -0.3 is 5.32 Å². The molecule has 8 heteroatoms. The number of hydrogen-bond acceptors (Lipinski definition) is 6. The van der Waals surface area contributed by atoms with Gasteiger partial charge in [0.1, 0.15) is 16.7 Å². The Morgan fingerprint density at radius 2 is 1.84 bits per heavy atom. The molecule has 1 aromatic carbocycles. The molecule has 0 spiro atoms. The Balaban J connectivity index is 1.66. The molecular formula is C17H14BrN7. The minimum atomic E-state index is 0.699. The second kappa shape index (κ2) is 6.21. The summed E-state index contributed by atoms with van der Waals surface area (Å²) in [5, 5.41) is 8.49. The zero-order valence-electron chi connectivity index (χ0n) is 13.6. The highest BCUT2D eigenvalue weighted by molar-refractivity contribution is 9.10. The summed E-state index contributed by atoms with van der Waals surface area (Å²) < 4.78 is 2.42. The molecule has 3 heterocycles. The molecule has 0 amide bonds. The maximum Gasteiger partial charge on any atom is 0.164 e. The molecule has 0 saturated carbocycles. The number of benzene rings is 1. The third kappa shape index (κ3) is 2.96. The van der Waals surface area contributed by atoms with Crippen LogP contribution in [0.15, 0.2) is 47.5 Å². The second-order valence-corrected chi connectivity index (χ2v) is 6.31. The summed E-state index contributed by atoms with van der Waals surface area (Å²) in [5.74, 6) is 1.41. The highest BCUT2D eigenvalue weighted by Crippen LogP contribution is 2.29. The van der Waals surface area contributed by atoms with Crippen LogP contribution in [0.5, 0.6) is 0 Å². The number of anilines is 2. The Morgan fingerprint density at radius 1 is 1.04 bits per heavy atom. The lowest BCUT2D eigenvalue weighted by Gasteiger charge is -2.08. The molecule has 4 rings (SSSR count). The molecule has 25 heavy (non-hydrogen) atoms. The van der Waals surface area contributed by atoms with E-state index in [1.54, 1.807) is 10.9 Å². The fraction of sp³-hybridized carbons (Fsp3) is 0.118. The van der Waals surface area contributed by atoms with Gasteiger partial charge in [-0.05, 0) is 53.2 Å². The van der Waals surface area contributed by atoms with Crippen LogP contribution in [0.4, 0.5) is 11.5 Å². The minimum Gasteiger partial charge on any atom is -0.339 e. The smallest absolute Gasteiger partial charge is 0.164 e. The first-order chi connectivity index (χ1) is 12.1. The molecule has 0 atom stereocenters. The van der Waals surface area contributed by atoms with Crippen molar-refractivity contribution in [3.63, 3.8) is 0 Å². The predicted molar refractivity (Wildman–Crippen MR) is 99.5 cm³/mol. The topological polar surface area (TPSA) is 81.4 Å². The van der Waals surface area contributed by atoms with Crippen LogP contribution < -0.4 is 5.32 Å². The van der Waals surface area contributed by atoms with Crippen LogP contribution in [0.25, 0.3) is 22.4 Å². The molecule has 0 aliphatic carbocycles. The standard InChI is InChI=1S/C17H14BrN7/c1-10-7-8-19-15(22-10)11-3-5-12(6-4-11)23-16-13-14(18)24-25(2)17(13)21-9-20-16/h3-9H,1-2H3,(H,20,21,23). The molecule has 7 nitrogen and oxygen atoms in total. The summed E-state index contributed by atoms with van der Waals surface area (Å²) in [4.78, 5) is 17.4. The average Bonchev–Trinajstić information content (AvgIpc) is 2.91. The third-order valence-corrected chi connectivity index (χ3v) is 4.33. The fourth-order valence-corrected chi connectivity index (χ4v) is 3.17. The number of nitrogens with one attached hydrogen (secondary N) is 1. The number of nitrogens with zero attached hydrogens (tertiary/aromatic N) is 6. The Morgan fingerprint density at radius 3 is 2.60 bits per heavy atom. The zero-order chi connectivity index (χ0) is 17.4. The van der Waals surface area contributed by atoms with Crippen LogP contribution in [0.3, 0.4) is 0 Å². The summed E-state index contributed by atoms with van der Waals surface area (Å²) in [6, 6.07) is 9.78. The molecule has 0 aliphatic heterocycles. The van der Waals surface area contributed by atoms with Crippen LogP contribution >= 0.6 is 15.9 Å². The second-order valence-electron chi connectivity index (χ2n) is 5.56. The van der Waals surface area contributed by atoms with E-state index >= 15 is 0 Å². The molecule has 0 unspecified atom stereocenters. The van der Waals surface area contributed by atoms with Crippen molar-refractivity contribution in [2.75, 3.05) is 5.32 Å². The summed E-state index contributed by atoms with van der Waals surface area (Å²) in [6.45, 7) is 1.95. The third-order valence-electron chi connectivity index (χ3n) is 3.78. The van der Waals surface area contributed by atoms with Gasteiger partial charge in [-0.25, -0.2) is 24.6 Å². The first-order valence-electron chi connectivity index (χ1n) is 7.62. The lowest BCUT2D eigenvalue weighted by atomic mass is 10.2. The van der Waals surface area contributed by atoms with Gasteiger partial charge in [-0.2, -0.15) is 5.10 Å². The quantitative estimate of drug-likeness (QED) is 0.570.